The van der Waals surface area contributed by atoms with Crippen LogP contribution in [0, 0.1) is 5.82 Å². The first-order chi connectivity index (χ1) is 8.13. The average Bonchev–Trinajstić information content (AvgIpc) is 2.80. The van der Waals surface area contributed by atoms with Gasteiger partial charge in [0.25, 0.3) is 0 Å². The van der Waals surface area contributed by atoms with Crippen molar-refractivity contribution in [3.05, 3.63) is 34.3 Å². The molecule has 1 aromatic carbocycles. The SMILES string of the molecule is CNC(C)c1nnnn1-c1ccc(Br)c(F)c1. The van der Waals surface area contributed by atoms with Gasteiger partial charge in [-0.15, -0.1) is 5.10 Å². The Kier molecular flexibility index (Phi) is 3.49. The van der Waals surface area contributed by atoms with Crippen LogP contribution in [0.2, 0.25) is 0 Å². The fraction of sp³-hybridized carbons (Fsp3) is 0.300. The quantitative estimate of drug-likeness (QED) is 0.940. The van der Waals surface area contributed by atoms with Crippen molar-refractivity contribution >= 4 is 15.9 Å². The van der Waals surface area contributed by atoms with Crippen LogP contribution < -0.4 is 5.32 Å². The molecule has 2 rings (SSSR count). The third-order valence-electron chi connectivity index (χ3n) is 2.46. The van der Waals surface area contributed by atoms with Crippen molar-refractivity contribution < 1.29 is 4.39 Å². The summed E-state index contributed by atoms with van der Waals surface area (Å²) in [7, 11) is 1.81. The van der Waals surface area contributed by atoms with Crippen LogP contribution in [0.3, 0.4) is 0 Å². The third kappa shape index (κ3) is 2.34. The van der Waals surface area contributed by atoms with Crippen LogP contribution in [0.1, 0.15) is 18.8 Å². The molecule has 0 aliphatic carbocycles. The summed E-state index contributed by atoms with van der Waals surface area (Å²) in [6, 6.07) is 4.73. The predicted octanol–water partition coefficient (Wildman–Crippen LogP) is 1.84. The Balaban J connectivity index is 2.46. The van der Waals surface area contributed by atoms with E-state index in [-0.39, 0.29) is 11.9 Å². The molecule has 1 N–H and O–H groups in total. The van der Waals surface area contributed by atoms with Crippen molar-refractivity contribution in [2.75, 3.05) is 7.05 Å². The number of rotatable bonds is 3. The number of hydrogen-bond acceptors (Lipinski definition) is 4. The minimum absolute atomic E-state index is 0.0169. The van der Waals surface area contributed by atoms with Crippen molar-refractivity contribution in [2.45, 2.75) is 13.0 Å². The largest absolute Gasteiger partial charge is 0.311 e. The van der Waals surface area contributed by atoms with Crippen LogP contribution in [0.5, 0.6) is 0 Å². The van der Waals surface area contributed by atoms with Crippen molar-refractivity contribution in [3.8, 4) is 5.69 Å². The normalized spacial score (nSPS) is 12.7. The first-order valence-corrected chi connectivity index (χ1v) is 5.83. The van der Waals surface area contributed by atoms with E-state index in [0.29, 0.717) is 16.0 Å². The van der Waals surface area contributed by atoms with E-state index in [1.807, 2.05) is 14.0 Å². The number of aromatic nitrogens is 4. The molecule has 1 unspecified atom stereocenters. The molecule has 1 heterocycles. The van der Waals surface area contributed by atoms with Gasteiger partial charge in [0.15, 0.2) is 5.82 Å². The summed E-state index contributed by atoms with van der Waals surface area (Å²) in [4.78, 5) is 0. The summed E-state index contributed by atoms with van der Waals surface area (Å²) in [6.45, 7) is 1.93. The maximum Gasteiger partial charge on any atom is 0.173 e. The maximum absolute atomic E-state index is 13.4. The van der Waals surface area contributed by atoms with Gasteiger partial charge in [-0.25, -0.2) is 4.39 Å². The van der Waals surface area contributed by atoms with E-state index in [4.69, 9.17) is 0 Å². The van der Waals surface area contributed by atoms with E-state index < -0.39 is 0 Å². The second kappa shape index (κ2) is 4.89. The molecule has 0 amide bonds. The topological polar surface area (TPSA) is 55.6 Å². The summed E-state index contributed by atoms with van der Waals surface area (Å²) < 4.78 is 15.4. The predicted molar refractivity (Wildman–Crippen MR) is 64.3 cm³/mol. The number of tetrazole rings is 1. The van der Waals surface area contributed by atoms with E-state index in [2.05, 4.69) is 36.8 Å². The minimum Gasteiger partial charge on any atom is -0.311 e. The van der Waals surface area contributed by atoms with E-state index >= 15 is 0 Å². The molecule has 1 aromatic heterocycles. The first kappa shape index (κ1) is 12.1. The molecule has 0 aliphatic heterocycles. The Hall–Kier alpha value is -1.34. The molecule has 2 aromatic rings. The molecule has 0 aliphatic rings. The molecule has 0 fully saturated rings. The standard InChI is InChI=1S/C10H11BrFN5/c1-6(13-2)10-14-15-16-17(10)7-3-4-8(11)9(12)5-7/h3-6,13H,1-2H3. The van der Waals surface area contributed by atoms with Crippen LogP contribution >= 0.6 is 15.9 Å². The molecule has 7 heteroatoms. The van der Waals surface area contributed by atoms with E-state index in [9.17, 15) is 4.39 Å². The molecular formula is C10H11BrFN5. The maximum atomic E-state index is 13.4. The van der Waals surface area contributed by atoms with E-state index in [0.717, 1.165) is 0 Å². The molecule has 17 heavy (non-hydrogen) atoms. The number of nitrogens with one attached hydrogen (secondary N) is 1. The van der Waals surface area contributed by atoms with Crippen LogP contribution in [0.4, 0.5) is 4.39 Å². The smallest absolute Gasteiger partial charge is 0.173 e. The highest BCUT2D eigenvalue weighted by Gasteiger charge is 2.14. The highest BCUT2D eigenvalue weighted by atomic mass is 79.9. The van der Waals surface area contributed by atoms with Gasteiger partial charge in [-0.3, -0.25) is 0 Å². The van der Waals surface area contributed by atoms with Gasteiger partial charge in [-0.1, -0.05) is 0 Å². The molecule has 0 saturated heterocycles. The van der Waals surface area contributed by atoms with E-state index in [1.165, 1.54) is 10.7 Å². The molecule has 5 nitrogen and oxygen atoms in total. The Morgan fingerprint density at radius 2 is 2.24 bits per heavy atom. The zero-order valence-corrected chi connectivity index (χ0v) is 10.9. The van der Waals surface area contributed by atoms with Gasteiger partial charge < -0.3 is 5.32 Å². The van der Waals surface area contributed by atoms with Gasteiger partial charge >= 0.3 is 0 Å². The van der Waals surface area contributed by atoms with Gasteiger partial charge in [-0.2, -0.15) is 4.68 Å². The number of halogens is 2. The monoisotopic (exact) mass is 299 g/mol. The van der Waals surface area contributed by atoms with Crippen LogP contribution in [-0.4, -0.2) is 27.3 Å². The van der Waals surface area contributed by atoms with Crippen LogP contribution in [0.25, 0.3) is 5.69 Å². The lowest BCUT2D eigenvalue weighted by Crippen LogP contribution is -2.17. The van der Waals surface area contributed by atoms with Crippen molar-refractivity contribution in [1.82, 2.24) is 25.5 Å². The Bertz CT molecular complexity index is 527. The van der Waals surface area contributed by atoms with Gasteiger partial charge in [0.2, 0.25) is 0 Å². The first-order valence-electron chi connectivity index (χ1n) is 5.04. The molecule has 90 valence electrons. The van der Waals surface area contributed by atoms with Crippen LogP contribution in [-0.2, 0) is 0 Å². The van der Waals surface area contributed by atoms with Gasteiger partial charge in [0.05, 0.1) is 16.2 Å². The van der Waals surface area contributed by atoms with Crippen molar-refractivity contribution in [3.63, 3.8) is 0 Å². The lowest BCUT2D eigenvalue weighted by atomic mass is 10.3. The fourth-order valence-corrected chi connectivity index (χ4v) is 1.64. The zero-order chi connectivity index (χ0) is 12.4. The fourth-order valence-electron chi connectivity index (χ4n) is 1.39. The summed E-state index contributed by atoms with van der Waals surface area (Å²) in [5.74, 6) is 0.287. The molecule has 0 saturated carbocycles. The number of nitrogens with zero attached hydrogens (tertiary/aromatic N) is 4. The Morgan fingerprint density at radius 1 is 1.47 bits per heavy atom. The molecule has 0 bridgehead atoms. The summed E-state index contributed by atoms with van der Waals surface area (Å²) in [6.07, 6.45) is 0. The third-order valence-corrected chi connectivity index (χ3v) is 3.10. The minimum atomic E-state index is -0.346. The second-order valence-electron chi connectivity index (χ2n) is 3.56. The van der Waals surface area contributed by atoms with E-state index in [1.54, 1.807) is 12.1 Å². The second-order valence-corrected chi connectivity index (χ2v) is 4.41. The number of benzene rings is 1. The zero-order valence-electron chi connectivity index (χ0n) is 9.35. The molecule has 1 atom stereocenters. The highest BCUT2D eigenvalue weighted by Crippen LogP contribution is 2.20. The Labute approximate surface area is 106 Å². The highest BCUT2D eigenvalue weighted by molar-refractivity contribution is 9.10. The molecular weight excluding hydrogens is 289 g/mol. The lowest BCUT2D eigenvalue weighted by molar-refractivity contribution is 0.584. The Morgan fingerprint density at radius 3 is 2.88 bits per heavy atom. The number of hydrogen-bond donors (Lipinski definition) is 1. The summed E-state index contributed by atoms with van der Waals surface area (Å²) in [5.41, 5.74) is 0.591. The summed E-state index contributed by atoms with van der Waals surface area (Å²) >= 11 is 3.11. The lowest BCUT2D eigenvalue weighted by Gasteiger charge is -2.10. The molecule has 0 spiro atoms. The average molecular weight is 300 g/mol. The summed E-state index contributed by atoms with van der Waals surface area (Å²) in [5, 5.41) is 14.4. The van der Waals surface area contributed by atoms with Crippen molar-refractivity contribution in [2.24, 2.45) is 0 Å². The van der Waals surface area contributed by atoms with Crippen LogP contribution in [0.15, 0.2) is 22.7 Å². The van der Waals surface area contributed by atoms with Crippen molar-refractivity contribution in [1.29, 1.82) is 0 Å². The van der Waals surface area contributed by atoms with Gasteiger partial charge in [0.1, 0.15) is 5.82 Å². The van der Waals surface area contributed by atoms with Gasteiger partial charge in [0, 0.05) is 6.07 Å². The van der Waals surface area contributed by atoms with Gasteiger partial charge in [-0.05, 0) is 52.5 Å². The molecule has 0 radical (unpaired) electrons.